The summed E-state index contributed by atoms with van der Waals surface area (Å²) < 4.78 is 27.8. The minimum atomic E-state index is -3.60. The highest BCUT2D eigenvalue weighted by Gasteiger charge is 2.23. The molecule has 0 saturated heterocycles. The molecule has 104 valence electrons. The molecule has 0 spiro atoms. The number of nitrogen functional groups attached to an aromatic ring is 1. The van der Waals surface area contributed by atoms with Crippen LogP contribution in [-0.4, -0.2) is 33.0 Å². The van der Waals surface area contributed by atoms with Crippen molar-refractivity contribution in [2.75, 3.05) is 18.6 Å². The first-order valence-corrected chi connectivity index (χ1v) is 7.44. The van der Waals surface area contributed by atoms with Crippen LogP contribution in [0.4, 0.5) is 5.69 Å². The molecule has 1 aromatic carbocycles. The van der Waals surface area contributed by atoms with Crippen LogP contribution in [0.15, 0.2) is 23.1 Å². The molecule has 0 aromatic heterocycles. The SMILES string of the molecule is CCOC(=O)CC(=O)c1c(N)cccc1S(C)(=O)=O. The highest BCUT2D eigenvalue weighted by Crippen LogP contribution is 2.23. The molecule has 1 rings (SSSR count). The van der Waals surface area contributed by atoms with Gasteiger partial charge in [0.2, 0.25) is 0 Å². The molecule has 0 saturated carbocycles. The van der Waals surface area contributed by atoms with E-state index < -0.39 is 28.0 Å². The van der Waals surface area contributed by atoms with Gasteiger partial charge in [0, 0.05) is 11.9 Å². The Bertz CT molecular complexity index is 607. The summed E-state index contributed by atoms with van der Waals surface area (Å²) in [5.41, 5.74) is 5.50. The number of esters is 1. The highest BCUT2D eigenvalue weighted by atomic mass is 32.2. The Morgan fingerprint density at radius 2 is 1.95 bits per heavy atom. The first-order chi connectivity index (χ1) is 8.77. The molecule has 0 atom stereocenters. The van der Waals surface area contributed by atoms with Gasteiger partial charge in [0.15, 0.2) is 15.6 Å². The Morgan fingerprint density at radius 1 is 1.32 bits per heavy atom. The summed E-state index contributed by atoms with van der Waals surface area (Å²) in [5.74, 6) is -1.38. The van der Waals surface area contributed by atoms with Crippen molar-refractivity contribution in [3.05, 3.63) is 23.8 Å². The van der Waals surface area contributed by atoms with Gasteiger partial charge in [-0.3, -0.25) is 9.59 Å². The Labute approximate surface area is 111 Å². The van der Waals surface area contributed by atoms with Gasteiger partial charge < -0.3 is 10.5 Å². The van der Waals surface area contributed by atoms with Crippen molar-refractivity contribution in [2.24, 2.45) is 0 Å². The number of hydrogen-bond donors (Lipinski definition) is 1. The molecule has 0 aliphatic heterocycles. The molecule has 0 amide bonds. The quantitative estimate of drug-likeness (QED) is 0.371. The predicted molar refractivity (Wildman–Crippen MR) is 69.5 cm³/mol. The van der Waals surface area contributed by atoms with Crippen LogP contribution < -0.4 is 5.73 Å². The van der Waals surface area contributed by atoms with Crippen LogP contribution in [-0.2, 0) is 19.4 Å². The lowest BCUT2D eigenvalue weighted by atomic mass is 10.1. The van der Waals surface area contributed by atoms with Crippen molar-refractivity contribution in [1.29, 1.82) is 0 Å². The zero-order valence-electron chi connectivity index (χ0n) is 10.7. The third kappa shape index (κ3) is 3.78. The maximum atomic E-state index is 12.0. The van der Waals surface area contributed by atoms with E-state index in [0.717, 1.165) is 6.26 Å². The van der Waals surface area contributed by atoms with Crippen LogP contribution in [0.5, 0.6) is 0 Å². The number of ether oxygens (including phenoxy) is 1. The van der Waals surface area contributed by atoms with Crippen LogP contribution in [0.2, 0.25) is 0 Å². The van der Waals surface area contributed by atoms with E-state index in [-0.39, 0.29) is 22.8 Å². The maximum Gasteiger partial charge on any atom is 0.313 e. The zero-order chi connectivity index (χ0) is 14.6. The van der Waals surface area contributed by atoms with Gasteiger partial charge in [-0.1, -0.05) is 6.07 Å². The fraction of sp³-hybridized carbons (Fsp3) is 0.333. The summed E-state index contributed by atoms with van der Waals surface area (Å²) in [5, 5.41) is 0. The second-order valence-corrected chi connectivity index (χ2v) is 5.88. The van der Waals surface area contributed by atoms with Crippen LogP contribution in [0.25, 0.3) is 0 Å². The number of hydrogen-bond acceptors (Lipinski definition) is 6. The number of nitrogens with two attached hydrogens (primary N) is 1. The van der Waals surface area contributed by atoms with Crippen molar-refractivity contribution in [3.63, 3.8) is 0 Å². The lowest BCUT2D eigenvalue weighted by molar-refractivity contribution is -0.141. The normalized spacial score (nSPS) is 11.1. The number of carbonyl (C=O) groups is 2. The molecule has 2 N–H and O–H groups in total. The number of benzene rings is 1. The Balaban J connectivity index is 3.20. The molecule has 6 nitrogen and oxygen atoms in total. The summed E-state index contributed by atoms with van der Waals surface area (Å²) in [4.78, 5) is 23.1. The van der Waals surface area contributed by atoms with Crippen molar-refractivity contribution in [2.45, 2.75) is 18.2 Å². The minimum absolute atomic E-state index is 0.0252. The molecule has 0 radical (unpaired) electrons. The number of sulfone groups is 1. The summed E-state index contributed by atoms with van der Waals surface area (Å²) in [7, 11) is -3.60. The summed E-state index contributed by atoms with van der Waals surface area (Å²) in [6.07, 6.45) is 0.438. The smallest absolute Gasteiger partial charge is 0.313 e. The predicted octanol–water partition coefficient (Wildman–Crippen LogP) is 0.808. The maximum absolute atomic E-state index is 12.0. The third-order valence-corrected chi connectivity index (χ3v) is 3.49. The van der Waals surface area contributed by atoms with E-state index in [4.69, 9.17) is 5.73 Å². The number of ketones is 1. The largest absolute Gasteiger partial charge is 0.466 e. The molecule has 1 aromatic rings. The molecule has 0 aliphatic rings. The van der Waals surface area contributed by atoms with Gasteiger partial charge in [0.25, 0.3) is 0 Å². The lowest BCUT2D eigenvalue weighted by Gasteiger charge is -2.09. The van der Waals surface area contributed by atoms with Crippen LogP contribution >= 0.6 is 0 Å². The fourth-order valence-electron chi connectivity index (χ4n) is 1.59. The first-order valence-electron chi connectivity index (χ1n) is 5.54. The van der Waals surface area contributed by atoms with Crippen LogP contribution in [0.3, 0.4) is 0 Å². The van der Waals surface area contributed by atoms with Crippen molar-refractivity contribution in [3.8, 4) is 0 Å². The van der Waals surface area contributed by atoms with Crippen molar-refractivity contribution < 1.29 is 22.7 Å². The number of rotatable bonds is 5. The molecule has 0 heterocycles. The summed E-state index contributed by atoms with van der Waals surface area (Å²) in [6, 6.07) is 4.13. The summed E-state index contributed by atoms with van der Waals surface area (Å²) >= 11 is 0. The lowest BCUT2D eigenvalue weighted by Crippen LogP contribution is -2.16. The van der Waals surface area contributed by atoms with Gasteiger partial charge in [-0.25, -0.2) is 8.42 Å². The van der Waals surface area contributed by atoms with E-state index in [1.54, 1.807) is 6.92 Å². The van der Waals surface area contributed by atoms with Crippen molar-refractivity contribution in [1.82, 2.24) is 0 Å². The van der Waals surface area contributed by atoms with Crippen LogP contribution in [0.1, 0.15) is 23.7 Å². The third-order valence-electron chi connectivity index (χ3n) is 2.35. The first kappa shape index (κ1) is 15.2. The molecule has 7 heteroatoms. The molecule has 0 unspecified atom stereocenters. The van der Waals surface area contributed by atoms with E-state index in [1.165, 1.54) is 18.2 Å². The van der Waals surface area contributed by atoms with E-state index in [2.05, 4.69) is 4.74 Å². The highest BCUT2D eigenvalue weighted by molar-refractivity contribution is 7.90. The second-order valence-electron chi connectivity index (χ2n) is 3.90. The average Bonchev–Trinajstić information content (AvgIpc) is 2.27. The topological polar surface area (TPSA) is 104 Å². The Kier molecular flexibility index (Phi) is 4.66. The van der Waals surface area contributed by atoms with Crippen molar-refractivity contribution >= 4 is 27.3 Å². The standard InChI is InChI=1S/C12H15NO5S/c1-3-18-11(15)7-9(14)12-8(13)5-4-6-10(12)19(2,16)17/h4-6H,3,7,13H2,1-2H3. The number of carbonyl (C=O) groups excluding carboxylic acids is 2. The van der Waals surface area contributed by atoms with Crippen LogP contribution in [0, 0.1) is 0 Å². The average molecular weight is 285 g/mol. The monoisotopic (exact) mass is 285 g/mol. The Hall–Kier alpha value is -1.89. The van der Waals surface area contributed by atoms with Gasteiger partial charge in [-0.05, 0) is 19.1 Å². The number of Topliss-reactive ketones (excluding diaryl/α,β-unsaturated/α-hetero) is 1. The van der Waals surface area contributed by atoms with E-state index in [1.807, 2.05) is 0 Å². The molecule has 0 fully saturated rings. The van der Waals surface area contributed by atoms with Gasteiger partial charge >= 0.3 is 5.97 Å². The van der Waals surface area contributed by atoms with E-state index >= 15 is 0 Å². The molecule has 19 heavy (non-hydrogen) atoms. The molecule has 0 aliphatic carbocycles. The van der Waals surface area contributed by atoms with E-state index in [0.29, 0.717) is 0 Å². The fourth-order valence-corrected chi connectivity index (χ4v) is 2.52. The molecular formula is C12H15NO5S. The van der Waals surface area contributed by atoms with Gasteiger partial charge in [-0.15, -0.1) is 0 Å². The van der Waals surface area contributed by atoms with Gasteiger partial charge in [0.1, 0.15) is 6.42 Å². The molecule has 0 bridgehead atoms. The summed E-state index contributed by atoms with van der Waals surface area (Å²) in [6.45, 7) is 1.76. The molecular weight excluding hydrogens is 270 g/mol. The van der Waals surface area contributed by atoms with Gasteiger partial charge in [-0.2, -0.15) is 0 Å². The number of anilines is 1. The van der Waals surface area contributed by atoms with Gasteiger partial charge in [0.05, 0.1) is 17.1 Å². The van der Waals surface area contributed by atoms with E-state index in [9.17, 15) is 18.0 Å². The second kappa shape index (κ2) is 5.83. The zero-order valence-corrected chi connectivity index (χ0v) is 11.5. The Morgan fingerprint density at radius 3 is 2.47 bits per heavy atom. The minimum Gasteiger partial charge on any atom is -0.466 e.